The first-order chi connectivity index (χ1) is 12.2. The highest BCUT2D eigenvalue weighted by Crippen LogP contribution is 2.26. The molecular formula is C17H15ClN6O. The predicted octanol–water partition coefficient (Wildman–Crippen LogP) is 2.51. The zero-order valence-electron chi connectivity index (χ0n) is 13.3. The molecule has 1 amide bonds. The van der Waals surface area contributed by atoms with Crippen molar-refractivity contribution in [1.29, 1.82) is 0 Å². The minimum Gasteiger partial charge on any atom is -0.279 e. The summed E-state index contributed by atoms with van der Waals surface area (Å²) in [7, 11) is 0. The van der Waals surface area contributed by atoms with E-state index >= 15 is 0 Å². The molecule has 8 heteroatoms. The van der Waals surface area contributed by atoms with Crippen LogP contribution in [0, 0.1) is 5.92 Å². The zero-order chi connectivity index (χ0) is 17.2. The molecule has 4 heterocycles. The Bertz CT molecular complexity index is 880. The number of aromatic amines is 1. The Morgan fingerprint density at radius 2 is 2.08 bits per heavy atom. The summed E-state index contributed by atoms with van der Waals surface area (Å²) in [6.07, 6.45) is 6.50. The monoisotopic (exact) mass is 354 g/mol. The molecular weight excluding hydrogens is 340 g/mol. The number of carbonyl (C=O) groups is 1. The van der Waals surface area contributed by atoms with Crippen molar-refractivity contribution in [3.05, 3.63) is 53.6 Å². The summed E-state index contributed by atoms with van der Waals surface area (Å²) in [6, 6.07) is 7.32. The highest BCUT2D eigenvalue weighted by molar-refractivity contribution is 6.29. The van der Waals surface area contributed by atoms with E-state index in [1.165, 1.54) is 0 Å². The van der Waals surface area contributed by atoms with E-state index in [-0.39, 0.29) is 11.8 Å². The van der Waals surface area contributed by atoms with Crippen LogP contribution in [-0.4, -0.2) is 37.6 Å². The number of rotatable bonds is 4. The van der Waals surface area contributed by atoms with Crippen LogP contribution in [0.4, 0.5) is 5.95 Å². The molecule has 0 aliphatic carbocycles. The van der Waals surface area contributed by atoms with Crippen molar-refractivity contribution < 1.29 is 4.79 Å². The molecule has 0 spiro atoms. The van der Waals surface area contributed by atoms with E-state index in [0.29, 0.717) is 29.9 Å². The fourth-order valence-corrected chi connectivity index (χ4v) is 3.06. The second kappa shape index (κ2) is 6.60. The van der Waals surface area contributed by atoms with E-state index in [2.05, 4.69) is 25.1 Å². The Labute approximate surface area is 149 Å². The molecule has 25 heavy (non-hydrogen) atoms. The van der Waals surface area contributed by atoms with Gasteiger partial charge in [-0.05, 0) is 36.6 Å². The summed E-state index contributed by atoms with van der Waals surface area (Å²) in [5.41, 5.74) is 1.88. The van der Waals surface area contributed by atoms with Crippen LogP contribution in [-0.2, 0) is 11.2 Å². The molecule has 0 unspecified atom stereocenters. The van der Waals surface area contributed by atoms with Crippen molar-refractivity contribution in [2.24, 2.45) is 5.92 Å². The average molecular weight is 355 g/mol. The maximum Gasteiger partial charge on any atom is 0.251 e. The minimum absolute atomic E-state index is 0.0372. The molecule has 3 aromatic rings. The molecule has 1 aliphatic rings. The highest BCUT2D eigenvalue weighted by atomic mass is 35.5. The maximum absolute atomic E-state index is 12.7. The van der Waals surface area contributed by atoms with Crippen LogP contribution in [0.2, 0.25) is 5.15 Å². The molecule has 3 aromatic heterocycles. The van der Waals surface area contributed by atoms with E-state index in [9.17, 15) is 4.79 Å². The highest BCUT2D eigenvalue weighted by Gasteiger charge is 2.34. The molecule has 0 saturated carbocycles. The SMILES string of the molecule is O=C1[C@@H](Cc2ccc(Cl)nc2)CCN1c1n[nH]c(-c2ccncc2)n1. The standard InChI is InChI=1S/C17H15ClN6O/c18-14-2-1-11(10-20-14)9-13-5-8-24(16(13)25)17-21-15(22-23-17)12-3-6-19-7-4-12/h1-4,6-7,10,13H,5,8-9H2,(H,21,22,23)/t13-/m1/s1. The number of nitrogens with one attached hydrogen (secondary N) is 1. The number of hydrogen-bond acceptors (Lipinski definition) is 5. The molecule has 1 aliphatic heterocycles. The van der Waals surface area contributed by atoms with Crippen LogP contribution < -0.4 is 4.90 Å². The van der Waals surface area contributed by atoms with E-state index in [0.717, 1.165) is 17.5 Å². The molecule has 0 radical (unpaired) electrons. The molecule has 0 bridgehead atoms. The molecule has 7 nitrogen and oxygen atoms in total. The first-order valence-corrected chi connectivity index (χ1v) is 8.33. The quantitative estimate of drug-likeness (QED) is 0.727. The lowest BCUT2D eigenvalue weighted by Gasteiger charge is -2.12. The van der Waals surface area contributed by atoms with Gasteiger partial charge in [-0.1, -0.05) is 17.7 Å². The molecule has 1 saturated heterocycles. The number of halogens is 1. The number of anilines is 1. The van der Waals surface area contributed by atoms with Gasteiger partial charge in [-0.2, -0.15) is 4.98 Å². The predicted molar refractivity (Wildman–Crippen MR) is 93.0 cm³/mol. The second-order valence-corrected chi connectivity index (χ2v) is 6.28. The Morgan fingerprint density at radius 1 is 1.24 bits per heavy atom. The first kappa shape index (κ1) is 15.7. The van der Waals surface area contributed by atoms with Crippen LogP contribution in [0.1, 0.15) is 12.0 Å². The third-order valence-electron chi connectivity index (χ3n) is 4.26. The lowest BCUT2D eigenvalue weighted by atomic mass is 9.99. The van der Waals surface area contributed by atoms with Gasteiger partial charge in [-0.15, -0.1) is 5.10 Å². The lowest BCUT2D eigenvalue weighted by Crippen LogP contribution is -2.28. The van der Waals surface area contributed by atoms with Crippen LogP contribution >= 0.6 is 11.6 Å². The number of aromatic nitrogens is 5. The van der Waals surface area contributed by atoms with E-state index < -0.39 is 0 Å². The van der Waals surface area contributed by atoms with Gasteiger partial charge in [0.05, 0.1) is 0 Å². The summed E-state index contributed by atoms with van der Waals surface area (Å²) in [6.45, 7) is 0.609. The van der Waals surface area contributed by atoms with Gasteiger partial charge in [0, 0.05) is 36.6 Å². The Kier molecular flexibility index (Phi) is 4.15. The van der Waals surface area contributed by atoms with Gasteiger partial charge in [-0.25, -0.2) is 4.98 Å². The zero-order valence-corrected chi connectivity index (χ0v) is 14.0. The smallest absolute Gasteiger partial charge is 0.251 e. The van der Waals surface area contributed by atoms with Gasteiger partial charge < -0.3 is 0 Å². The summed E-state index contributed by atoms with van der Waals surface area (Å²) >= 11 is 5.80. The normalized spacial score (nSPS) is 17.2. The van der Waals surface area contributed by atoms with Gasteiger partial charge in [0.15, 0.2) is 5.82 Å². The third-order valence-corrected chi connectivity index (χ3v) is 4.48. The van der Waals surface area contributed by atoms with Gasteiger partial charge in [0.2, 0.25) is 5.91 Å². The average Bonchev–Trinajstić information content (AvgIpc) is 3.25. The molecule has 0 aromatic carbocycles. The van der Waals surface area contributed by atoms with Crippen molar-refractivity contribution in [3.63, 3.8) is 0 Å². The van der Waals surface area contributed by atoms with Crippen molar-refractivity contribution in [2.75, 3.05) is 11.4 Å². The van der Waals surface area contributed by atoms with Gasteiger partial charge >= 0.3 is 0 Å². The topological polar surface area (TPSA) is 87.7 Å². The number of pyridine rings is 2. The van der Waals surface area contributed by atoms with Gasteiger partial charge in [0.1, 0.15) is 5.15 Å². The lowest BCUT2D eigenvalue weighted by molar-refractivity contribution is -0.120. The van der Waals surface area contributed by atoms with Crippen LogP contribution in [0.5, 0.6) is 0 Å². The Morgan fingerprint density at radius 3 is 2.84 bits per heavy atom. The van der Waals surface area contributed by atoms with E-state index in [1.807, 2.05) is 18.2 Å². The van der Waals surface area contributed by atoms with Gasteiger partial charge in [-0.3, -0.25) is 19.8 Å². The second-order valence-electron chi connectivity index (χ2n) is 5.89. The number of nitrogens with zero attached hydrogens (tertiary/aromatic N) is 5. The summed E-state index contributed by atoms with van der Waals surface area (Å²) in [5.74, 6) is 0.977. The van der Waals surface area contributed by atoms with Crippen LogP contribution in [0.25, 0.3) is 11.4 Å². The van der Waals surface area contributed by atoms with Gasteiger partial charge in [0.25, 0.3) is 5.95 Å². The first-order valence-electron chi connectivity index (χ1n) is 7.95. The van der Waals surface area contributed by atoms with Crippen molar-refractivity contribution in [3.8, 4) is 11.4 Å². The summed E-state index contributed by atoms with van der Waals surface area (Å²) in [4.78, 5) is 26.8. The van der Waals surface area contributed by atoms with Crippen LogP contribution in [0.15, 0.2) is 42.9 Å². The number of H-pyrrole nitrogens is 1. The number of carbonyl (C=O) groups excluding carboxylic acids is 1. The van der Waals surface area contributed by atoms with E-state index in [4.69, 9.17) is 11.6 Å². The molecule has 126 valence electrons. The maximum atomic E-state index is 12.7. The van der Waals surface area contributed by atoms with Crippen molar-refractivity contribution >= 4 is 23.5 Å². The molecule has 4 rings (SSSR count). The van der Waals surface area contributed by atoms with Crippen LogP contribution in [0.3, 0.4) is 0 Å². The minimum atomic E-state index is -0.0918. The number of hydrogen-bond donors (Lipinski definition) is 1. The number of amides is 1. The molecule has 1 atom stereocenters. The largest absolute Gasteiger partial charge is 0.279 e. The Balaban J connectivity index is 1.48. The van der Waals surface area contributed by atoms with E-state index in [1.54, 1.807) is 29.6 Å². The molecule has 1 N–H and O–H groups in total. The third kappa shape index (κ3) is 3.23. The van der Waals surface area contributed by atoms with Crippen molar-refractivity contribution in [2.45, 2.75) is 12.8 Å². The molecule has 1 fully saturated rings. The summed E-state index contributed by atoms with van der Waals surface area (Å²) < 4.78 is 0. The fourth-order valence-electron chi connectivity index (χ4n) is 2.95. The fraction of sp³-hybridized carbons (Fsp3) is 0.235. The van der Waals surface area contributed by atoms with Crippen molar-refractivity contribution in [1.82, 2.24) is 25.1 Å². The summed E-state index contributed by atoms with van der Waals surface area (Å²) in [5, 5.41) is 7.53. The Hall–Kier alpha value is -2.80.